The predicted octanol–water partition coefficient (Wildman–Crippen LogP) is 3.76. The van der Waals surface area contributed by atoms with Crippen LogP contribution < -0.4 is 10.0 Å². The largest absolute Gasteiger partial charge is 0.293 e. The summed E-state index contributed by atoms with van der Waals surface area (Å²) in [5.74, 6) is -2.04. The molecule has 0 N–H and O–H groups in total. The van der Waals surface area contributed by atoms with E-state index < -0.39 is 11.8 Å². The van der Waals surface area contributed by atoms with Crippen LogP contribution in [-0.2, 0) is 19.2 Å². The summed E-state index contributed by atoms with van der Waals surface area (Å²) in [4.78, 5) is 50.5. The van der Waals surface area contributed by atoms with Gasteiger partial charge in [-0.25, -0.2) is 0 Å². The molecule has 8 nitrogen and oxygen atoms in total. The molecule has 0 aromatic heterocycles. The molecule has 4 rings (SSSR count). The molecule has 0 aliphatic carbocycles. The number of amides is 2. The van der Waals surface area contributed by atoms with Gasteiger partial charge in [0.05, 0.1) is 23.2 Å². The van der Waals surface area contributed by atoms with Crippen LogP contribution in [0.3, 0.4) is 0 Å². The Morgan fingerprint density at radius 1 is 0.676 bits per heavy atom. The van der Waals surface area contributed by atoms with Crippen molar-refractivity contribution in [2.45, 2.75) is 39.5 Å². The smallest absolute Gasteiger partial charge is 0.256 e. The fourth-order valence-corrected chi connectivity index (χ4v) is 4.02. The first kappa shape index (κ1) is 23.2. The Hall–Kier alpha value is -3.94. The second-order valence-electron chi connectivity index (χ2n) is 8.44. The summed E-state index contributed by atoms with van der Waals surface area (Å²) in [6.07, 6.45) is 1.36. The van der Waals surface area contributed by atoms with Crippen LogP contribution in [0.25, 0.3) is 0 Å². The maximum atomic E-state index is 12.7. The number of hydrogen-bond donors (Lipinski definition) is 0. The number of carbonyl (C=O) groups excluding carboxylic acids is 4. The number of anilines is 2. The number of ketones is 2. The molecule has 2 amide bonds. The second-order valence-corrected chi connectivity index (χ2v) is 8.44. The molecule has 2 aliphatic rings. The summed E-state index contributed by atoms with van der Waals surface area (Å²) in [6, 6.07) is 18.0. The van der Waals surface area contributed by atoms with Gasteiger partial charge in [-0.05, 0) is 51.0 Å². The zero-order valence-electron chi connectivity index (χ0n) is 19.2. The number of para-hydroxylation sites is 2. The molecule has 0 fully saturated rings. The summed E-state index contributed by atoms with van der Waals surface area (Å²) in [5, 5.41) is 11.1. The summed E-state index contributed by atoms with van der Waals surface area (Å²) in [7, 11) is 0. The van der Waals surface area contributed by atoms with Crippen molar-refractivity contribution in [1.82, 2.24) is 0 Å². The van der Waals surface area contributed by atoms with Gasteiger partial charge in [-0.2, -0.15) is 20.2 Å². The summed E-state index contributed by atoms with van der Waals surface area (Å²) in [6.45, 7) is 3.36. The minimum absolute atomic E-state index is 0.191. The number of hydrazone groups is 2. The molecule has 2 heterocycles. The Labute approximate surface area is 197 Å². The third kappa shape index (κ3) is 4.57. The maximum absolute atomic E-state index is 12.7. The van der Waals surface area contributed by atoms with E-state index in [1.165, 1.54) is 10.0 Å². The Morgan fingerprint density at radius 3 is 1.38 bits per heavy atom. The highest BCUT2D eigenvalue weighted by molar-refractivity contribution is 6.47. The molecular weight excluding hydrogens is 432 g/mol. The summed E-state index contributed by atoms with van der Waals surface area (Å²) < 4.78 is 0. The molecule has 2 aromatic carbocycles. The zero-order valence-corrected chi connectivity index (χ0v) is 19.2. The SMILES string of the molecule is C[C@@H]1C(=O)N(c2ccccc2)N=C1C(=O)CCCCC(=O)C1=NN(c2ccccc2)C(=O)[C@@H]1C. The third-order valence-corrected chi connectivity index (χ3v) is 6.02. The number of unbranched alkanes of at least 4 members (excludes halogenated alkanes) is 1. The number of benzene rings is 2. The van der Waals surface area contributed by atoms with Crippen LogP contribution in [0.2, 0.25) is 0 Å². The average Bonchev–Trinajstić information content (AvgIpc) is 3.33. The van der Waals surface area contributed by atoms with E-state index in [2.05, 4.69) is 10.2 Å². The number of carbonyl (C=O) groups is 4. The van der Waals surface area contributed by atoms with Crippen LogP contribution in [0.1, 0.15) is 39.5 Å². The van der Waals surface area contributed by atoms with E-state index in [9.17, 15) is 19.2 Å². The highest BCUT2D eigenvalue weighted by Gasteiger charge is 2.37. The molecule has 0 saturated heterocycles. The quantitative estimate of drug-likeness (QED) is 0.534. The Morgan fingerprint density at radius 2 is 1.03 bits per heavy atom. The van der Waals surface area contributed by atoms with Gasteiger partial charge in [-0.1, -0.05) is 36.4 Å². The molecule has 174 valence electrons. The monoisotopic (exact) mass is 458 g/mol. The lowest BCUT2D eigenvalue weighted by molar-refractivity contribution is -0.120. The molecule has 2 atom stereocenters. The van der Waals surface area contributed by atoms with E-state index in [-0.39, 0.29) is 47.6 Å². The van der Waals surface area contributed by atoms with Gasteiger partial charge >= 0.3 is 0 Å². The molecular formula is C26H26N4O4. The van der Waals surface area contributed by atoms with Gasteiger partial charge in [0.25, 0.3) is 11.8 Å². The molecule has 0 unspecified atom stereocenters. The fraction of sp³-hybridized carbons (Fsp3) is 0.308. The summed E-state index contributed by atoms with van der Waals surface area (Å²) >= 11 is 0. The number of Topliss-reactive ketones (excluding diaryl/α,β-unsaturated/α-hetero) is 2. The van der Waals surface area contributed by atoms with Gasteiger partial charge in [0.1, 0.15) is 11.4 Å². The van der Waals surface area contributed by atoms with E-state index in [4.69, 9.17) is 0 Å². The van der Waals surface area contributed by atoms with Gasteiger partial charge in [-0.3, -0.25) is 19.2 Å². The molecule has 0 radical (unpaired) electrons. The van der Waals surface area contributed by atoms with Gasteiger partial charge in [0.15, 0.2) is 11.6 Å². The highest BCUT2D eigenvalue weighted by atomic mass is 16.2. The molecule has 2 aliphatic heterocycles. The van der Waals surface area contributed by atoms with Gasteiger partial charge < -0.3 is 0 Å². The van der Waals surface area contributed by atoms with Crippen molar-refractivity contribution in [1.29, 1.82) is 0 Å². The average molecular weight is 459 g/mol. The third-order valence-electron chi connectivity index (χ3n) is 6.02. The Bertz CT molecular complexity index is 1080. The lowest BCUT2D eigenvalue weighted by atomic mass is 9.96. The molecule has 2 aromatic rings. The van der Waals surface area contributed by atoms with Crippen molar-refractivity contribution < 1.29 is 19.2 Å². The van der Waals surface area contributed by atoms with Gasteiger partial charge in [0.2, 0.25) is 0 Å². The zero-order chi connectivity index (χ0) is 24.2. The van der Waals surface area contributed by atoms with Crippen molar-refractivity contribution >= 4 is 46.2 Å². The lowest BCUT2D eigenvalue weighted by Gasteiger charge is -2.11. The lowest BCUT2D eigenvalue weighted by Crippen LogP contribution is -2.27. The van der Waals surface area contributed by atoms with Crippen LogP contribution in [0.15, 0.2) is 70.9 Å². The van der Waals surface area contributed by atoms with Crippen LogP contribution in [0.4, 0.5) is 11.4 Å². The number of hydrogen-bond acceptors (Lipinski definition) is 6. The minimum atomic E-state index is -0.599. The summed E-state index contributed by atoms with van der Waals surface area (Å²) in [5.41, 5.74) is 1.74. The number of rotatable bonds is 9. The highest BCUT2D eigenvalue weighted by Crippen LogP contribution is 2.26. The molecule has 0 saturated carbocycles. The Kier molecular flexibility index (Phi) is 6.77. The van der Waals surface area contributed by atoms with Crippen molar-refractivity contribution in [3.8, 4) is 0 Å². The fourth-order valence-electron chi connectivity index (χ4n) is 4.02. The first-order valence-electron chi connectivity index (χ1n) is 11.4. The first-order valence-corrected chi connectivity index (χ1v) is 11.4. The Balaban J connectivity index is 1.31. The van der Waals surface area contributed by atoms with Crippen molar-refractivity contribution in [2.24, 2.45) is 22.0 Å². The van der Waals surface area contributed by atoms with Crippen LogP contribution >= 0.6 is 0 Å². The standard InChI is InChI=1S/C26H26N4O4/c1-17-23(27-29(25(17)33)19-11-5-3-6-12-19)21(31)15-9-10-16-22(32)24-18(2)26(34)30(28-24)20-13-7-4-8-14-20/h3-8,11-14,17-18H,9-10,15-16H2,1-2H3/t17-,18+. The van der Waals surface area contributed by atoms with E-state index >= 15 is 0 Å². The van der Waals surface area contributed by atoms with Gasteiger partial charge in [-0.15, -0.1) is 0 Å². The van der Waals surface area contributed by atoms with E-state index in [1.807, 2.05) is 36.4 Å². The first-order chi connectivity index (χ1) is 16.4. The van der Waals surface area contributed by atoms with E-state index in [0.717, 1.165) is 0 Å². The van der Waals surface area contributed by atoms with Crippen molar-refractivity contribution in [3.63, 3.8) is 0 Å². The molecule has 34 heavy (non-hydrogen) atoms. The van der Waals surface area contributed by atoms with Gasteiger partial charge in [0, 0.05) is 12.8 Å². The van der Waals surface area contributed by atoms with Crippen LogP contribution in [-0.4, -0.2) is 34.8 Å². The number of nitrogens with zero attached hydrogens (tertiary/aromatic N) is 4. The van der Waals surface area contributed by atoms with E-state index in [0.29, 0.717) is 24.2 Å². The van der Waals surface area contributed by atoms with E-state index in [1.54, 1.807) is 38.1 Å². The van der Waals surface area contributed by atoms with Crippen LogP contribution in [0.5, 0.6) is 0 Å². The molecule has 0 spiro atoms. The topological polar surface area (TPSA) is 99.5 Å². The minimum Gasteiger partial charge on any atom is -0.293 e. The van der Waals surface area contributed by atoms with Crippen LogP contribution in [0, 0.1) is 11.8 Å². The predicted molar refractivity (Wildman–Crippen MR) is 130 cm³/mol. The second kappa shape index (κ2) is 9.91. The molecule has 8 heteroatoms. The molecule has 0 bridgehead atoms. The van der Waals surface area contributed by atoms with Crippen molar-refractivity contribution in [2.75, 3.05) is 10.0 Å². The normalized spacial score (nSPS) is 19.9. The maximum Gasteiger partial charge on any atom is 0.256 e. The van der Waals surface area contributed by atoms with Crippen molar-refractivity contribution in [3.05, 3.63) is 60.7 Å².